The summed E-state index contributed by atoms with van der Waals surface area (Å²) in [7, 11) is -3.80. The molecule has 1 amide bonds. The maximum Gasteiger partial charge on any atom is 0.254 e. The Kier molecular flexibility index (Phi) is 5.42. The second kappa shape index (κ2) is 8.00. The van der Waals surface area contributed by atoms with E-state index < -0.39 is 15.8 Å². The largest absolute Gasteiger partial charge is 0.490 e. The molecule has 0 N–H and O–H groups in total. The van der Waals surface area contributed by atoms with Gasteiger partial charge in [0.25, 0.3) is 5.91 Å². The van der Waals surface area contributed by atoms with E-state index in [-0.39, 0.29) is 37.0 Å². The van der Waals surface area contributed by atoms with E-state index in [1.165, 1.54) is 22.5 Å². The van der Waals surface area contributed by atoms with Gasteiger partial charge >= 0.3 is 0 Å². The zero-order valence-electron chi connectivity index (χ0n) is 15.7. The van der Waals surface area contributed by atoms with Crippen molar-refractivity contribution in [3.8, 4) is 11.5 Å². The number of piperazine rings is 1. The summed E-state index contributed by atoms with van der Waals surface area (Å²) < 4.78 is 51.3. The number of carbonyl (C=O) groups is 1. The Bertz CT molecular complexity index is 1020. The highest BCUT2D eigenvalue weighted by Gasteiger charge is 2.31. The van der Waals surface area contributed by atoms with E-state index in [4.69, 9.17) is 9.47 Å². The van der Waals surface area contributed by atoms with Crippen LogP contribution in [-0.4, -0.2) is 62.9 Å². The van der Waals surface area contributed by atoms with Crippen molar-refractivity contribution in [2.45, 2.75) is 11.3 Å². The first kappa shape index (κ1) is 19.7. The number of hydrogen-bond donors (Lipinski definition) is 0. The van der Waals surface area contributed by atoms with Gasteiger partial charge in [-0.2, -0.15) is 4.31 Å². The van der Waals surface area contributed by atoms with Crippen LogP contribution in [-0.2, 0) is 10.0 Å². The van der Waals surface area contributed by atoms with Crippen LogP contribution in [0.5, 0.6) is 11.5 Å². The Labute approximate surface area is 168 Å². The van der Waals surface area contributed by atoms with Crippen LogP contribution in [0.15, 0.2) is 47.4 Å². The van der Waals surface area contributed by atoms with E-state index in [9.17, 15) is 17.6 Å². The fourth-order valence-electron chi connectivity index (χ4n) is 3.39. The van der Waals surface area contributed by atoms with Gasteiger partial charge in [-0.05, 0) is 36.4 Å². The number of rotatable bonds is 3. The third-order valence-corrected chi connectivity index (χ3v) is 6.85. The topological polar surface area (TPSA) is 76.2 Å². The first-order chi connectivity index (χ1) is 13.9. The molecule has 2 aliphatic heterocycles. The molecule has 2 heterocycles. The molecule has 0 spiro atoms. The molecule has 0 bridgehead atoms. The number of carbonyl (C=O) groups excluding carboxylic acids is 1. The smallest absolute Gasteiger partial charge is 0.254 e. The van der Waals surface area contributed by atoms with Crippen LogP contribution in [0.25, 0.3) is 0 Å². The first-order valence-corrected chi connectivity index (χ1v) is 10.8. The molecular weight excluding hydrogens is 399 g/mol. The van der Waals surface area contributed by atoms with Crippen molar-refractivity contribution >= 4 is 15.9 Å². The monoisotopic (exact) mass is 420 g/mol. The molecule has 1 saturated heterocycles. The number of benzene rings is 2. The lowest BCUT2D eigenvalue weighted by molar-refractivity contribution is 0.0697. The second-order valence-corrected chi connectivity index (χ2v) is 8.80. The zero-order valence-corrected chi connectivity index (χ0v) is 16.5. The molecule has 0 aromatic heterocycles. The standard InChI is InChI=1S/C20H21FN2O5S/c21-16-3-1-4-17(14-16)29(25,26)23-9-7-22(8-10-23)20(24)15-5-6-18-19(13-15)28-12-2-11-27-18/h1,3-6,13-14H,2,7-12H2. The summed E-state index contributed by atoms with van der Waals surface area (Å²) in [4.78, 5) is 14.4. The molecule has 9 heteroatoms. The summed E-state index contributed by atoms with van der Waals surface area (Å²) in [6.07, 6.45) is 0.777. The van der Waals surface area contributed by atoms with Gasteiger partial charge in [0.1, 0.15) is 5.82 Å². The van der Waals surface area contributed by atoms with Crippen LogP contribution < -0.4 is 9.47 Å². The molecule has 29 heavy (non-hydrogen) atoms. The highest BCUT2D eigenvalue weighted by Crippen LogP contribution is 2.31. The third kappa shape index (κ3) is 4.06. The molecule has 7 nitrogen and oxygen atoms in total. The van der Waals surface area contributed by atoms with E-state index in [2.05, 4.69) is 0 Å². The Morgan fingerprint density at radius 1 is 0.931 bits per heavy atom. The Morgan fingerprint density at radius 3 is 2.38 bits per heavy atom. The highest BCUT2D eigenvalue weighted by atomic mass is 32.2. The van der Waals surface area contributed by atoms with E-state index in [0.29, 0.717) is 30.3 Å². The highest BCUT2D eigenvalue weighted by molar-refractivity contribution is 7.89. The minimum atomic E-state index is -3.80. The lowest BCUT2D eigenvalue weighted by atomic mass is 10.1. The van der Waals surface area contributed by atoms with Gasteiger partial charge in [-0.3, -0.25) is 4.79 Å². The van der Waals surface area contributed by atoms with Gasteiger partial charge in [-0.1, -0.05) is 6.07 Å². The van der Waals surface area contributed by atoms with Gasteiger partial charge in [0.05, 0.1) is 18.1 Å². The molecule has 154 valence electrons. The number of hydrogen-bond acceptors (Lipinski definition) is 5. The fraction of sp³-hybridized carbons (Fsp3) is 0.350. The van der Waals surface area contributed by atoms with Gasteiger partial charge in [0.15, 0.2) is 11.5 Å². The predicted molar refractivity (Wildman–Crippen MR) is 103 cm³/mol. The molecule has 2 aromatic rings. The summed E-state index contributed by atoms with van der Waals surface area (Å²) in [5.41, 5.74) is 0.468. The average molecular weight is 420 g/mol. The van der Waals surface area contributed by atoms with Crippen molar-refractivity contribution in [3.63, 3.8) is 0 Å². The van der Waals surface area contributed by atoms with Gasteiger partial charge in [0.2, 0.25) is 10.0 Å². The van der Waals surface area contributed by atoms with E-state index in [1.54, 1.807) is 23.1 Å². The van der Waals surface area contributed by atoms with Gasteiger partial charge in [0, 0.05) is 38.2 Å². The van der Waals surface area contributed by atoms with Crippen molar-refractivity contribution in [1.29, 1.82) is 0 Å². The molecule has 0 unspecified atom stereocenters. The molecule has 0 atom stereocenters. The molecule has 1 fully saturated rings. The van der Waals surface area contributed by atoms with Crippen molar-refractivity contribution < 1.29 is 27.1 Å². The molecule has 0 aliphatic carbocycles. The van der Waals surface area contributed by atoms with Gasteiger partial charge < -0.3 is 14.4 Å². The third-order valence-electron chi connectivity index (χ3n) is 4.95. The molecule has 2 aromatic carbocycles. The Morgan fingerprint density at radius 2 is 1.66 bits per heavy atom. The lowest BCUT2D eigenvalue weighted by Gasteiger charge is -2.34. The van der Waals surface area contributed by atoms with Crippen molar-refractivity contribution in [2.24, 2.45) is 0 Å². The molecule has 2 aliphatic rings. The zero-order chi connectivity index (χ0) is 20.4. The van der Waals surface area contributed by atoms with Crippen LogP contribution in [0.2, 0.25) is 0 Å². The maximum atomic E-state index is 13.4. The van der Waals surface area contributed by atoms with Crippen molar-refractivity contribution in [1.82, 2.24) is 9.21 Å². The molecular formula is C20H21FN2O5S. The predicted octanol–water partition coefficient (Wildman–Crippen LogP) is 2.13. The summed E-state index contributed by atoms with van der Waals surface area (Å²) in [6.45, 7) is 1.90. The Balaban J connectivity index is 1.44. The van der Waals surface area contributed by atoms with Gasteiger partial charge in [-0.15, -0.1) is 0 Å². The maximum absolute atomic E-state index is 13.4. The van der Waals surface area contributed by atoms with Crippen molar-refractivity contribution in [3.05, 3.63) is 53.8 Å². The van der Waals surface area contributed by atoms with Crippen LogP contribution in [0, 0.1) is 5.82 Å². The summed E-state index contributed by atoms with van der Waals surface area (Å²) in [5, 5.41) is 0. The number of amides is 1. The molecule has 4 rings (SSSR count). The molecule has 0 radical (unpaired) electrons. The minimum absolute atomic E-state index is 0.0832. The summed E-state index contributed by atoms with van der Waals surface area (Å²) >= 11 is 0. The number of fused-ring (bicyclic) bond motifs is 1. The SMILES string of the molecule is O=C(c1ccc2c(c1)OCCCO2)N1CCN(S(=O)(=O)c2cccc(F)c2)CC1. The fourth-order valence-corrected chi connectivity index (χ4v) is 4.84. The van der Waals surface area contributed by atoms with E-state index in [0.717, 1.165) is 12.5 Å². The lowest BCUT2D eigenvalue weighted by Crippen LogP contribution is -2.50. The second-order valence-electron chi connectivity index (χ2n) is 6.87. The quantitative estimate of drug-likeness (QED) is 0.761. The normalized spacial score (nSPS) is 17.6. The van der Waals surface area contributed by atoms with Crippen LogP contribution in [0.3, 0.4) is 0 Å². The first-order valence-electron chi connectivity index (χ1n) is 9.40. The number of nitrogens with zero attached hydrogens (tertiary/aromatic N) is 2. The van der Waals surface area contributed by atoms with Gasteiger partial charge in [-0.25, -0.2) is 12.8 Å². The minimum Gasteiger partial charge on any atom is -0.490 e. The van der Waals surface area contributed by atoms with Crippen LogP contribution in [0.1, 0.15) is 16.8 Å². The average Bonchev–Trinajstić information content (AvgIpc) is 2.98. The van der Waals surface area contributed by atoms with E-state index >= 15 is 0 Å². The molecule has 0 saturated carbocycles. The number of halogens is 1. The summed E-state index contributed by atoms with van der Waals surface area (Å²) in [6, 6.07) is 10.0. The van der Waals surface area contributed by atoms with E-state index in [1.807, 2.05) is 0 Å². The Hall–Kier alpha value is -2.65. The van der Waals surface area contributed by atoms with Crippen molar-refractivity contribution in [2.75, 3.05) is 39.4 Å². The van der Waals surface area contributed by atoms with Crippen LogP contribution in [0.4, 0.5) is 4.39 Å². The van der Waals surface area contributed by atoms with Crippen LogP contribution >= 0.6 is 0 Å². The number of ether oxygens (including phenoxy) is 2. The summed E-state index contributed by atoms with van der Waals surface area (Å²) in [5.74, 6) is 0.364. The number of sulfonamides is 1.